The van der Waals surface area contributed by atoms with E-state index in [2.05, 4.69) is 4.74 Å². The van der Waals surface area contributed by atoms with Crippen molar-refractivity contribution >= 4 is 17.6 Å². The lowest BCUT2D eigenvalue weighted by molar-refractivity contribution is -0.385. The SMILES string of the molecule is COC(=O)c1ccc([N+](=O)[O-])c(OCC(=O)N2CCCC2c2ccc3c(c2)OCCO3)c1. The molecule has 168 valence electrons. The van der Waals surface area contributed by atoms with Crippen LogP contribution in [0.5, 0.6) is 17.2 Å². The van der Waals surface area contributed by atoms with Crippen LogP contribution in [0.2, 0.25) is 0 Å². The fourth-order valence-electron chi connectivity index (χ4n) is 3.93. The van der Waals surface area contributed by atoms with Gasteiger partial charge in [0, 0.05) is 18.7 Å². The first-order valence-corrected chi connectivity index (χ1v) is 10.2. The Labute approximate surface area is 183 Å². The van der Waals surface area contributed by atoms with Crippen LogP contribution in [0.1, 0.15) is 34.8 Å². The van der Waals surface area contributed by atoms with Crippen LogP contribution in [0.4, 0.5) is 5.69 Å². The summed E-state index contributed by atoms with van der Waals surface area (Å²) in [6, 6.07) is 9.11. The average Bonchev–Trinajstić information content (AvgIpc) is 3.31. The number of likely N-dealkylation sites (tertiary alicyclic amines) is 1. The molecule has 1 fully saturated rings. The number of carbonyl (C=O) groups is 2. The van der Waals surface area contributed by atoms with E-state index in [1.54, 1.807) is 4.90 Å². The molecule has 2 aliphatic heterocycles. The van der Waals surface area contributed by atoms with Crippen molar-refractivity contribution in [2.75, 3.05) is 33.5 Å². The first-order chi connectivity index (χ1) is 15.5. The highest BCUT2D eigenvalue weighted by molar-refractivity contribution is 5.90. The van der Waals surface area contributed by atoms with E-state index in [-0.39, 0.29) is 28.9 Å². The summed E-state index contributed by atoms with van der Waals surface area (Å²) in [5, 5.41) is 11.3. The maximum absolute atomic E-state index is 12.9. The minimum atomic E-state index is -0.658. The van der Waals surface area contributed by atoms with E-state index in [9.17, 15) is 19.7 Å². The molecule has 2 aromatic carbocycles. The Balaban J connectivity index is 1.49. The molecule has 0 N–H and O–H groups in total. The predicted molar refractivity (Wildman–Crippen MR) is 111 cm³/mol. The second-order valence-corrected chi connectivity index (χ2v) is 7.37. The topological polar surface area (TPSA) is 117 Å². The van der Waals surface area contributed by atoms with E-state index in [4.69, 9.17) is 14.2 Å². The van der Waals surface area contributed by atoms with Crippen LogP contribution in [0.15, 0.2) is 36.4 Å². The molecule has 1 atom stereocenters. The van der Waals surface area contributed by atoms with Crippen LogP contribution < -0.4 is 14.2 Å². The molecule has 0 aliphatic carbocycles. The molecule has 2 heterocycles. The van der Waals surface area contributed by atoms with E-state index in [1.165, 1.54) is 19.2 Å². The average molecular weight is 442 g/mol. The number of hydrogen-bond acceptors (Lipinski definition) is 8. The maximum Gasteiger partial charge on any atom is 0.337 e. The van der Waals surface area contributed by atoms with Crippen molar-refractivity contribution in [2.45, 2.75) is 18.9 Å². The molecule has 0 radical (unpaired) electrons. The van der Waals surface area contributed by atoms with Crippen LogP contribution in [-0.4, -0.2) is 55.2 Å². The standard InChI is InChI=1S/C22H22N2O8/c1-29-22(26)15-4-6-17(24(27)28)19(12-15)32-13-21(25)23-8-2-3-16(23)14-5-7-18-20(11-14)31-10-9-30-18/h4-7,11-12,16H,2-3,8-10,13H2,1H3. The van der Waals surface area contributed by atoms with Crippen LogP contribution in [0, 0.1) is 10.1 Å². The summed E-state index contributed by atoms with van der Waals surface area (Å²) in [6.07, 6.45) is 1.60. The van der Waals surface area contributed by atoms with Crippen molar-refractivity contribution in [1.29, 1.82) is 0 Å². The second kappa shape index (κ2) is 9.13. The summed E-state index contributed by atoms with van der Waals surface area (Å²) < 4.78 is 21.3. The Morgan fingerprint density at radius 1 is 1.16 bits per heavy atom. The number of amides is 1. The van der Waals surface area contributed by atoms with Gasteiger partial charge in [-0.25, -0.2) is 4.79 Å². The molecule has 10 nitrogen and oxygen atoms in total. The Kier molecular flexibility index (Phi) is 6.11. The van der Waals surface area contributed by atoms with Crippen LogP contribution in [-0.2, 0) is 9.53 Å². The third kappa shape index (κ3) is 4.29. The summed E-state index contributed by atoms with van der Waals surface area (Å²) in [6.45, 7) is 1.13. The number of nitro groups is 1. The zero-order valence-electron chi connectivity index (χ0n) is 17.4. The third-order valence-electron chi connectivity index (χ3n) is 5.45. The van der Waals surface area contributed by atoms with Crippen molar-refractivity contribution in [2.24, 2.45) is 0 Å². The molecule has 10 heteroatoms. The van der Waals surface area contributed by atoms with Crippen molar-refractivity contribution < 1.29 is 33.5 Å². The number of carbonyl (C=O) groups excluding carboxylic acids is 2. The van der Waals surface area contributed by atoms with Gasteiger partial charge in [0.1, 0.15) is 13.2 Å². The van der Waals surface area contributed by atoms with Gasteiger partial charge in [0.2, 0.25) is 0 Å². The summed E-state index contributed by atoms with van der Waals surface area (Å²) >= 11 is 0. The molecule has 0 saturated carbocycles. The van der Waals surface area contributed by atoms with Gasteiger partial charge in [0.15, 0.2) is 23.9 Å². The highest BCUT2D eigenvalue weighted by atomic mass is 16.6. The third-order valence-corrected chi connectivity index (χ3v) is 5.45. The minimum absolute atomic E-state index is 0.0934. The number of esters is 1. The molecule has 4 rings (SSSR count). The predicted octanol–water partition coefficient (Wildman–Crippen LogP) is 2.90. The number of hydrogen-bond donors (Lipinski definition) is 0. The van der Waals surface area contributed by atoms with Crippen LogP contribution in [0.3, 0.4) is 0 Å². The van der Waals surface area contributed by atoms with Gasteiger partial charge in [-0.2, -0.15) is 0 Å². The molecule has 1 unspecified atom stereocenters. The van der Waals surface area contributed by atoms with Gasteiger partial charge in [-0.15, -0.1) is 0 Å². The second-order valence-electron chi connectivity index (χ2n) is 7.37. The highest BCUT2D eigenvalue weighted by Gasteiger charge is 2.31. The van der Waals surface area contributed by atoms with Gasteiger partial charge in [-0.3, -0.25) is 14.9 Å². The number of nitrogens with zero attached hydrogens (tertiary/aromatic N) is 2. The van der Waals surface area contributed by atoms with E-state index in [1.807, 2.05) is 18.2 Å². The van der Waals surface area contributed by atoms with Crippen molar-refractivity contribution in [1.82, 2.24) is 4.90 Å². The van der Waals surface area contributed by atoms with Gasteiger partial charge in [-0.05, 0) is 36.6 Å². The number of rotatable bonds is 6. The van der Waals surface area contributed by atoms with E-state index < -0.39 is 17.5 Å². The van der Waals surface area contributed by atoms with E-state index >= 15 is 0 Å². The molecule has 0 bridgehead atoms. The number of benzene rings is 2. The van der Waals surface area contributed by atoms with Gasteiger partial charge in [0.25, 0.3) is 5.91 Å². The zero-order valence-corrected chi connectivity index (χ0v) is 17.4. The number of nitro benzene ring substituents is 1. The zero-order chi connectivity index (χ0) is 22.7. The van der Waals surface area contributed by atoms with E-state index in [0.717, 1.165) is 24.5 Å². The monoisotopic (exact) mass is 442 g/mol. The summed E-state index contributed by atoms with van der Waals surface area (Å²) in [4.78, 5) is 37.1. The van der Waals surface area contributed by atoms with Crippen molar-refractivity contribution in [3.05, 3.63) is 57.6 Å². The molecule has 0 spiro atoms. The lowest BCUT2D eigenvalue weighted by Crippen LogP contribution is -2.34. The Bertz CT molecular complexity index is 1050. The highest BCUT2D eigenvalue weighted by Crippen LogP contribution is 2.38. The number of methoxy groups -OCH3 is 1. The number of fused-ring (bicyclic) bond motifs is 1. The first-order valence-electron chi connectivity index (χ1n) is 10.2. The van der Waals surface area contributed by atoms with E-state index in [0.29, 0.717) is 31.3 Å². The molecule has 2 aliphatic rings. The molecule has 1 saturated heterocycles. The minimum Gasteiger partial charge on any atom is -0.486 e. The summed E-state index contributed by atoms with van der Waals surface area (Å²) in [7, 11) is 1.21. The quantitative estimate of drug-likeness (QED) is 0.381. The fraction of sp³-hybridized carbons (Fsp3) is 0.364. The first kappa shape index (κ1) is 21.4. The molecule has 2 aromatic rings. The van der Waals surface area contributed by atoms with Crippen LogP contribution in [0.25, 0.3) is 0 Å². The Hall–Kier alpha value is -3.82. The lowest BCUT2D eigenvalue weighted by Gasteiger charge is -2.26. The fourth-order valence-corrected chi connectivity index (χ4v) is 3.93. The maximum atomic E-state index is 12.9. The molecule has 32 heavy (non-hydrogen) atoms. The molecular formula is C22H22N2O8. The largest absolute Gasteiger partial charge is 0.486 e. The van der Waals surface area contributed by atoms with Gasteiger partial charge in [-0.1, -0.05) is 6.07 Å². The summed E-state index contributed by atoms with van der Waals surface area (Å²) in [5.41, 5.74) is 0.685. The number of ether oxygens (including phenoxy) is 4. The Morgan fingerprint density at radius 3 is 2.69 bits per heavy atom. The molecule has 0 aromatic heterocycles. The van der Waals surface area contributed by atoms with Crippen molar-refractivity contribution in [3.8, 4) is 17.2 Å². The molecule has 1 amide bonds. The van der Waals surface area contributed by atoms with Gasteiger partial charge >= 0.3 is 11.7 Å². The lowest BCUT2D eigenvalue weighted by atomic mass is 10.0. The summed E-state index contributed by atoms with van der Waals surface area (Å²) in [5.74, 6) is 0.201. The van der Waals surface area contributed by atoms with Gasteiger partial charge in [0.05, 0.1) is 23.6 Å². The Morgan fingerprint density at radius 2 is 1.94 bits per heavy atom. The normalized spacial score (nSPS) is 17.0. The van der Waals surface area contributed by atoms with Crippen LogP contribution >= 0.6 is 0 Å². The molecular weight excluding hydrogens is 420 g/mol. The van der Waals surface area contributed by atoms with Crippen molar-refractivity contribution in [3.63, 3.8) is 0 Å². The smallest absolute Gasteiger partial charge is 0.337 e. The van der Waals surface area contributed by atoms with Gasteiger partial charge < -0.3 is 23.8 Å².